The molecule has 4 nitrogen and oxygen atoms in total. The highest BCUT2D eigenvalue weighted by molar-refractivity contribution is 6.44. The lowest BCUT2D eigenvalue weighted by atomic mass is 10.1. The number of nitrogens with zero attached hydrogens (tertiary/aromatic N) is 3. The Morgan fingerprint density at radius 1 is 1.24 bits per heavy atom. The van der Waals surface area contributed by atoms with Crippen molar-refractivity contribution in [3.8, 4) is 0 Å². The van der Waals surface area contributed by atoms with Gasteiger partial charge in [0, 0.05) is 12.1 Å². The summed E-state index contributed by atoms with van der Waals surface area (Å²) in [6.45, 7) is 1.29. The number of aromatic nitrogens is 2. The predicted octanol–water partition coefficient (Wildman–Crippen LogP) is 3.64. The third-order valence-corrected chi connectivity index (χ3v) is 4.06. The standard InChI is InChI=1S/C14H14Cl3N3O/c1-19(2)6-7-20-13(11(16)8-18-20)14(21)9-4-3-5-10(15)12(9)17/h3-5,8H,6-7H2,1-2H3. The quantitative estimate of drug-likeness (QED) is 0.776. The molecule has 0 radical (unpaired) electrons. The van der Waals surface area contributed by atoms with E-state index in [0.717, 1.165) is 6.54 Å². The first-order valence-corrected chi connectivity index (χ1v) is 7.40. The first-order chi connectivity index (χ1) is 9.91. The molecule has 0 saturated heterocycles. The summed E-state index contributed by atoms with van der Waals surface area (Å²) >= 11 is 18.2. The normalized spacial score (nSPS) is 11.1. The zero-order chi connectivity index (χ0) is 15.6. The summed E-state index contributed by atoms with van der Waals surface area (Å²) in [5, 5.41) is 5.00. The smallest absolute Gasteiger partial charge is 0.214 e. The van der Waals surface area contributed by atoms with Crippen molar-refractivity contribution in [1.82, 2.24) is 14.7 Å². The van der Waals surface area contributed by atoms with Gasteiger partial charge in [-0.1, -0.05) is 40.9 Å². The maximum atomic E-state index is 12.7. The molecule has 2 rings (SSSR count). The fraction of sp³-hybridized carbons (Fsp3) is 0.286. The van der Waals surface area contributed by atoms with E-state index in [1.807, 2.05) is 19.0 Å². The third-order valence-electron chi connectivity index (χ3n) is 2.97. The van der Waals surface area contributed by atoms with E-state index in [1.165, 1.54) is 6.20 Å². The van der Waals surface area contributed by atoms with Gasteiger partial charge in [-0.3, -0.25) is 9.48 Å². The number of ketones is 1. The lowest BCUT2D eigenvalue weighted by Gasteiger charge is -2.12. The van der Waals surface area contributed by atoms with E-state index in [1.54, 1.807) is 22.9 Å². The first-order valence-electron chi connectivity index (χ1n) is 6.26. The fourth-order valence-corrected chi connectivity index (χ4v) is 2.47. The summed E-state index contributed by atoms with van der Waals surface area (Å²) in [4.78, 5) is 14.7. The number of benzene rings is 1. The van der Waals surface area contributed by atoms with E-state index in [0.29, 0.717) is 27.8 Å². The zero-order valence-corrected chi connectivity index (χ0v) is 13.9. The topological polar surface area (TPSA) is 38.1 Å². The highest BCUT2D eigenvalue weighted by Gasteiger charge is 2.22. The first kappa shape index (κ1) is 16.3. The number of hydrogen-bond acceptors (Lipinski definition) is 3. The van der Waals surface area contributed by atoms with Gasteiger partial charge in [0.1, 0.15) is 5.69 Å². The second kappa shape index (κ2) is 6.79. The summed E-state index contributed by atoms with van der Waals surface area (Å²) in [5.41, 5.74) is 0.639. The van der Waals surface area contributed by atoms with E-state index in [2.05, 4.69) is 5.10 Å². The maximum Gasteiger partial charge on any atom is 0.214 e. The molecule has 0 amide bonds. The van der Waals surface area contributed by atoms with Crippen molar-refractivity contribution >= 4 is 40.6 Å². The molecule has 1 heterocycles. The van der Waals surface area contributed by atoms with Crippen molar-refractivity contribution in [1.29, 1.82) is 0 Å². The molecule has 7 heteroatoms. The molecule has 0 bridgehead atoms. The monoisotopic (exact) mass is 345 g/mol. The van der Waals surface area contributed by atoms with E-state index in [4.69, 9.17) is 34.8 Å². The van der Waals surface area contributed by atoms with E-state index < -0.39 is 0 Å². The molecule has 0 atom stereocenters. The van der Waals surface area contributed by atoms with Crippen molar-refractivity contribution in [2.75, 3.05) is 20.6 Å². The van der Waals surface area contributed by atoms with Crippen LogP contribution in [0.25, 0.3) is 0 Å². The molecule has 21 heavy (non-hydrogen) atoms. The van der Waals surface area contributed by atoms with Crippen LogP contribution in [-0.4, -0.2) is 41.1 Å². The molecular formula is C14H14Cl3N3O. The second-order valence-corrected chi connectivity index (χ2v) is 5.99. The van der Waals surface area contributed by atoms with Crippen LogP contribution in [0.1, 0.15) is 16.1 Å². The second-order valence-electron chi connectivity index (χ2n) is 4.80. The van der Waals surface area contributed by atoms with Gasteiger partial charge in [0.25, 0.3) is 0 Å². The summed E-state index contributed by atoms with van der Waals surface area (Å²) in [7, 11) is 3.89. The Hall–Kier alpha value is -1.07. The van der Waals surface area contributed by atoms with Crippen LogP contribution < -0.4 is 0 Å². The number of carbonyl (C=O) groups excluding carboxylic acids is 1. The largest absolute Gasteiger partial charge is 0.308 e. The fourth-order valence-electron chi connectivity index (χ4n) is 1.86. The number of hydrogen-bond donors (Lipinski definition) is 0. The summed E-state index contributed by atoms with van der Waals surface area (Å²) < 4.78 is 1.59. The molecule has 0 aliphatic rings. The maximum absolute atomic E-state index is 12.7. The van der Waals surface area contributed by atoms with Gasteiger partial charge in [0.2, 0.25) is 5.78 Å². The number of likely N-dealkylation sites (N-methyl/N-ethyl adjacent to an activating group) is 1. The van der Waals surface area contributed by atoms with Crippen molar-refractivity contribution in [3.63, 3.8) is 0 Å². The van der Waals surface area contributed by atoms with Crippen molar-refractivity contribution in [2.24, 2.45) is 0 Å². The average molecular weight is 347 g/mol. The van der Waals surface area contributed by atoms with Crippen LogP contribution in [0, 0.1) is 0 Å². The predicted molar refractivity (Wildman–Crippen MR) is 85.7 cm³/mol. The Kier molecular flexibility index (Phi) is 5.27. The molecule has 0 unspecified atom stereocenters. The van der Waals surface area contributed by atoms with Crippen LogP contribution in [0.3, 0.4) is 0 Å². The molecule has 0 aliphatic carbocycles. The lowest BCUT2D eigenvalue weighted by molar-refractivity contribution is 0.102. The van der Waals surface area contributed by atoms with Gasteiger partial charge in [-0.2, -0.15) is 5.10 Å². The van der Waals surface area contributed by atoms with Crippen LogP contribution in [-0.2, 0) is 6.54 Å². The Bertz CT molecular complexity index is 667. The van der Waals surface area contributed by atoms with E-state index >= 15 is 0 Å². The van der Waals surface area contributed by atoms with Gasteiger partial charge in [-0.15, -0.1) is 0 Å². The van der Waals surface area contributed by atoms with Crippen LogP contribution in [0.15, 0.2) is 24.4 Å². The minimum absolute atomic E-state index is 0.223. The molecule has 0 spiro atoms. The number of rotatable bonds is 5. The Balaban J connectivity index is 2.39. The van der Waals surface area contributed by atoms with Gasteiger partial charge in [0.05, 0.1) is 27.8 Å². The van der Waals surface area contributed by atoms with Crippen LogP contribution in [0.5, 0.6) is 0 Å². The minimum Gasteiger partial charge on any atom is -0.308 e. The van der Waals surface area contributed by atoms with Crippen molar-refractivity contribution < 1.29 is 4.79 Å². The highest BCUT2D eigenvalue weighted by atomic mass is 35.5. The van der Waals surface area contributed by atoms with E-state index in [-0.39, 0.29) is 10.8 Å². The molecule has 0 fully saturated rings. The average Bonchev–Trinajstić information content (AvgIpc) is 2.80. The zero-order valence-electron chi connectivity index (χ0n) is 11.6. The lowest BCUT2D eigenvalue weighted by Crippen LogP contribution is -2.21. The number of halogens is 3. The SMILES string of the molecule is CN(C)CCn1ncc(Cl)c1C(=O)c1cccc(Cl)c1Cl. The molecule has 0 N–H and O–H groups in total. The van der Waals surface area contributed by atoms with Crippen molar-refractivity contribution in [3.05, 3.63) is 50.7 Å². The highest BCUT2D eigenvalue weighted by Crippen LogP contribution is 2.29. The molecule has 0 aliphatic heterocycles. The van der Waals surface area contributed by atoms with Gasteiger partial charge < -0.3 is 4.90 Å². The molecule has 0 saturated carbocycles. The minimum atomic E-state index is -0.288. The third kappa shape index (κ3) is 3.58. The van der Waals surface area contributed by atoms with Gasteiger partial charge in [0.15, 0.2) is 0 Å². The summed E-state index contributed by atoms with van der Waals surface area (Å²) in [6, 6.07) is 4.93. The molecule has 1 aromatic heterocycles. The van der Waals surface area contributed by atoms with Crippen LogP contribution in [0.4, 0.5) is 0 Å². The van der Waals surface area contributed by atoms with E-state index in [9.17, 15) is 4.79 Å². The molecule has 112 valence electrons. The van der Waals surface area contributed by atoms with Crippen LogP contribution in [0.2, 0.25) is 15.1 Å². The summed E-state index contributed by atoms with van der Waals surface area (Å²) in [5.74, 6) is -0.288. The van der Waals surface area contributed by atoms with Gasteiger partial charge in [-0.05, 0) is 26.2 Å². The van der Waals surface area contributed by atoms with Gasteiger partial charge >= 0.3 is 0 Å². The Morgan fingerprint density at radius 2 is 1.95 bits per heavy atom. The van der Waals surface area contributed by atoms with Gasteiger partial charge in [-0.25, -0.2) is 0 Å². The Labute approximate surface area is 138 Å². The van der Waals surface area contributed by atoms with Crippen molar-refractivity contribution in [2.45, 2.75) is 6.54 Å². The molecule has 1 aromatic carbocycles. The summed E-state index contributed by atoms with van der Waals surface area (Å²) in [6.07, 6.45) is 1.46. The molecular weight excluding hydrogens is 333 g/mol. The Morgan fingerprint density at radius 3 is 2.62 bits per heavy atom. The number of carbonyl (C=O) groups is 1. The van der Waals surface area contributed by atoms with Crippen LogP contribution >= 0.6 is 34.8 Å². The molecule has 2 aromatic rings.